The van der Waals surface area contributed by atoms with E-state index in [1.54, 1.807) is 14.2 Å². The van der Waals surface area contributed by atoms with E-state index < -0.39 is 0 Å². The molecular weight excluding hydrogens is 282 g/mol. The van der Waals surface area contributed by atoms with Gasteiger partial charge in [-0.15, -0.1) is 11.8 Å². The Balaban J connectivity index is 2.22. The SMILES string of the molecule is COc1cc(SC2CCCCC2)c(OC)cc1CC(C)N. The second-order valence-corrected chi connectivity index (χ2v) is 7.22. The standard InChI is InChI=1S/C17H27NO2S/c1-12(18)9-13-10-16(20-3)17(11-15(13)19-2)21-14-7-5-4-6-8-14/h10-12,14H,4-9,18H2,1-3H3. The van der Waals surface area contributed by atoms with Crippen LogP contribution >= 0.6 is 11.8 Å². The summed E-state index contributed by atoms with van der Waals surface area (Å²) < 4.78 is 11.1. The molecule has 1 aliphatic rings. The van der Waals surface area contributed by atoms with Crippen LogP contribution in [-0.2, 0) is 6.42 Å². The van der Waals surface area contributed by atoms with Crippen LogP contribution in [0.4, 0.5) is 0 Å². The predicted octanol–water partition coefficient (Wildman–Crippen LogP) is 4.02. The minimum absolute atomic E-state index is 0.112. The molecule has 1 fully saturated rings. The van der Waals surface area contributed by atoms with Crippen molar-refractivity contribution in [1.82, 2.24) is 0 Å². The first-order valence-electron chi connectivity index (χ1n) is 7.81. The summed E-state index contributed by atoms with van der Waals surface area (Å²) in [4.78, 5) is 1.19. The Labute approximate surface area is 132 Å². The smallest absolute Gasteiger partial charge is 0.132 e. The van der Waals surface area contributed by atoms with Gasteiger partial charge in [0, 0.05) is 11.3 Å². The lowest BCUT2D eigenvalue weighted by molar-refractivity contribution is 0.389. The van der Waals surface area contributed by atoms with Gasteiger partial charge in [-0.2, -0.15) is 0 Å². The van der Waals surface area contributed by atoms with Gasteiger partial charge in [0.2, 0.25) is 0 Å². The van der Waals surface area contributed by atoms with Gasteiger partial charge in [0.25, 0.3) is 0 Å². The number of hydrogen-bond acceptors (Lipinski definition) is 4. The first-order valence-corrected chi connectivity index (χ1v) is 8.69. The van der Waals surface area contributed by atoms with Gasteiger partial charge in [-0.3, -0.25) is 0 Å². The molecule has 0 amide bonds. The molecule has 0 aliphatic heterocycles. The summed E-state index contributed by atoms with van der Waals surface area (Å²) in [7, 11) is 3.46. The third-order valence-corrected chi connectivity index (χ3v) is 5.33. The van der Waals surface area contributed by atoms with Crippen LogP contribution in [0.5, 0.6) is 11.5 Å². The molecule has 3 nitrogen and oxygen atoms in total. The monoisotopic (exact) mass is 309 g/mol. The molecule has 0 radical (unpaired) electrons. The van der Waals surface area contributed by atoms with Gasteiger partial charge in [-0.1, -0.05) is 19.3 Å². The molecule has 118 valence electrons. The Morgan fingerprint density at radius 1 is 1.14 bits per heavy atom. The zero-order chi connectivity index (χ0) is 15.2. The maximum Gasteiger partial charge on any atom is 0.132 e. The lowest BCUT2D eigenvalue weighted by Crippen LogP contribution is -2.18. The van der Waals surface area contributed by atoms with E-state index in [2.05, 4.69) is 12.1 Å². The second kappa shape index (κ2) is 7.95. The molecule has 0 heterocycles. The molecule has 1 aromatic rings. The predicted molar refractivity (Wildman–Crippen MR) is 89.6 cm³/mol. The molecule has 1 aliphatic carbocycles. The molecular formula is C17H27NO2S. The number of benzene rings is 1. The largest absolute Gasteiger partial charge is 0.496 e. The molecule has 21 heavy (non-hydrogen) atoms. The summed E-state index contributed by atoms with van der Waals surface area (Å²) >= 11 is 1.94. The van der Waals surface area contributed by atoms with Gasteiger partial charge in [0.05, 0.1) is 19.1 Å². The van der Waals surface area contributed by atoms with Crippen molar-refractivity contribution in [2.45, 2.75) is 61.6 Å². The van der Waals surface area contributed by atoms with Crippen LogP contribution < -0.4 is 15.2 Å². The Morgan fingerprint density at radius 3 is 2.38 bits per heavy atom. The van der Waals surface area contributed by atoms with E-state index in [1.165, 1.54) is 37.0 Å². The minimum Gasteiger partial charge on any atom is -0.496 e. The van der Waals surface area contributed by atoms with Crippen molar-refractivity contribution < 1.29 is 9.47 Å². The van der Waals surface area contributed by atoms with E-state index in [9.17, 15) is 0 Å². The summed E-state index contributed by atoms with van der Waals surface area (Å²) in [6, 6.07) is 4.32. The van der Waals surface area contributed by atoms with Gasteiger partial charge in [0.1, 0.15) is 11.5 Å². The van der Waals surface area contributed by atoms with Crippen LogP contribution in [0.2, 0.25) is 0 Å². The Morgan fingerprint density at radius 2 is 1.81 bits per heavy atom. The Bertz CT molecular complexity index is 456. The van der Waals surface area contributed by atoms with Crippen molar-refractivity contribution in [2.75, 3.05) is 14.2 Å². The first kappa shape index (κ1) is 16.5. The van der Waals surface area contributed by atoms with Crippen LogP contribution in [0, 0.1) is 0 Å². The fraction of sp³-hybridized carbons (Fsp3) is 0.647. The molecule has 0 spiro atoms. The highest BCUT2D eigenvalue weighted by atomic mass is 32.2. The summed E-state index contributed by atoms with van der Waals surface area (Å²) in [6.07, 6.45) is 7.48. The van der Waals surface area contributed by atoms with Crippen molar-refractivity contribution >= 4 is 11.8 Å². The number of thioether (sulfide) groups is 1. The number of methoxy groups -OCH3 is 2. The topological polar surface area (TPSA) is 44.5 Å². The lowest BCUT2D eigenvalue weighted by atomic mass is 10.0. The number of nitrogens with two attached hydrogens (primary N) is 1. The van der Waals surface area contributed by atoms with Crippen molar-refractivity contribution in [3.8, 4) is 11.5 Å². The highest BCUT2D eigenvalue weighted by molar-refractivity contribution is 8.00. The Kier molecular flexibility index (Phi) is 6.24. The fourth-order valence-corrected chi connectivity index (χ4v) is 4.26. The maximum absolute atomic E-state index is 5.93. The minimum atomic E-state index is 0.112. The maximum atomic E-state index is 5.93. The van der Waals surface area contributed by atoms with Crippen LogP contribution in [0.1, 0.15) is 44.6 Å². The van der Waals surface area contributed by atoms with Crippen molar-refractivity contribution in [2.24, 2.45) is 5.73 Å². The van der Waals surface area contributed by atoms with Gasteiger partial charge in [-0.05, 0) is 43.9 Å². The second-order valence-electron chi connectivity index (χ2n) is 5.87. The highest BCUT2D eigenvalue weighted by Crippen LogP contribution is 2.41. The molecule has 1 aromatic carbocycles. The average molecular weight is 309 g/mol. The van der Waals surface area contributed by atoms with E-state index in [4.69, 9.17) is 15.2 Å². The van der Waals surface area contributed by atoms with Crippen LogP contribution in [-0.4, -0.2) is 25.5 Å². The number of rotatable bonds is 6. The average Bonchev–Trinajstić information content (AvgIpc) is 2.48. The third-order valence-electron chi connectivity index (χ3n) is 3.95. The van der Waals surface area contributed by atoms with Crippen molar-refractivity contribution in [3.63, 3.8) is 0 Å². The molecule has 2 N–H and O–H groups in total. The molecule has 1 unspecified atom stereocenters. The first-order chi connectivity index (χ1) is 10.1. The Hall–Kier alpha value is -0.870. The molecule has 0 bridgehead atoms. The quantitative estimate of drug-likeness (QED) is 0.862. The van der Waals surface area contributed by atoms with Crippen LogP contribution in [0.25, 0.3) is 0 Å². The molecule has 2 rings (SSSR count). The molecule has 1 saturated carbocycles. The highest BCUT2D eigenvalue weighted by Gasteiger charge is 2.19. The number of hydrogen-bond donors (Lipinski definition) is 1. The fourth-order valence-electron chi connectivity index (χ4n) is 2.89. The van der Waals surface area contributed by atoms with Crippen LogP contribution in [0.15, 0.2) is 17.0 Å². The normalized spacial score (nSPS) is 17.5. The zero-order valence-electron chi connectivity index (χ0n) is 13.4. The van der Waals surface area contributed by atoms with Gasteiger partial charge in [0.15, 0.2) is 0 Å². The summed E-state index contributed by atoms with van der Waals surface area (Å²) in [6.45, 7) is 2.01. The third kappa shape index (κ3) is 4.55. The lowest BCUT2D eigenvalue weighted by Gasteiger charge is -2.23. The van der Waals surface area contributed by atoms with Crippen molar-refractivity contribution in [3.05, 3.63) is 17.7 Å². The number of ether oxygens (including phenoxy) is 2. The van der Waals surface area contributed by atoms with Crippen LogP contribution in [0.3, 0.4) is 0 Å². The van der Waals surface area contributed by atoms with E-state index in [0.29, 0.717) is 5.25 Å². The van der Waals surface area contributed by atoms with Gasteiger partial charge in [-0.25, -0.2) is 0 Å². The zero-order valence-corrected chi connectivity index (χ0v) is 14.2. The summed E-state index contributed by atoms with van der Waals surface area (Å²) in [5.74, 6) is 1.87. The van der Waals surface area contributed by atoms with E-state index in [-0.39, 0.29) is 6.04 Å². The van der Waals surface area contributed by atoms with Gasteiger partial charge < -0.3 is 15.2 Å². The summed E-state index contributed by atoms with van der Waals surface area (Å²) in [5, 5.41) is 0.705. The molecule has 0 aromatic heterocycles. The van der Waals surface area contributed by atoms with Gasteiger partial charge >= 0.3 is 0 Å². The molecule has 0 saturated heterocycles. The van der Waals surface area contributed by atoms with E-state index in [0.717, 1.165) is 23.5 Å². The van der Waals surface area contributed by atoms with E-state index >= 15 is 0 Å². The van der Waals surface area contributed by atoms with E-state index in [1.807, 2.05) is 18.7 Å². The van der Waals surface area contributed by atoms with Crippen molar-refractivity contribution in [1.29, 1.82) is 0 Å². The molecule has 1 atom stereocenters. The summed E-state index contributed by atoms with van der Waals surface area (Å²) in [5.41, 5.74) is 7.05. The molecule has 4 heteroatoms.